The summed E-state index contributed by atoms with van der Waals surface area (Å²) in [7, 11) is 0. The molecule has 1 aromatic rings. The van der Waals surface area contributed by atoms with Gasteiger partial charge in [-0.1, -0.05) is 17.7 Å². The first kappa shape index (κ1) is 13.7. The molecule has 1 aromatic carbocycles. The molecule has 1 rings (SSSR count). The van der Waals surface area contributed by atoms with E-state index in [9.17, 15) is 4.79 Å². The van der Waals surface area contributed by atoms with E-state index in [0.29, 0.717) is 5.02 Å². The van der Waals surface area contributed by atoms with Gasteiger partial charge in [-0.05, 0) is 37.6 Å². The van der Waals surface area contributed by atoms with Crippen LogP contribution >= 0.6 is 11.6 Å². The van der Waals surface area contributed by atoms with Gasteiger partial charge in [0.1, 0.15) is 0 Å². The maximum atomic E-state index is 11.6. The Morgan fingerprint density at radius 1 is 1.47 bits per heavy atom. The number of anilines is 1. The molecule has 0 aliphatic rings. The lowest BCUT2D eigenvalue weighted by atomic mass is 10.2. The summed E-state index contributed by atoms with van der Waals surface area (Å²) in [6.45, 7) is 5.95. The Morgan fingerprint density at radius 2 is 2.12 bits per heavy atom. The quantitative estimate of drug-likeness (QED) is 0.765. The minimum atomic E-state index is -0.0664. The molecule has 0 saturated heterocycles. The van der Waals surface area contributed by atoms with E-state index in [-0.39, 0.29) is 18.5 Å². The molecule has 0 saturated carbocycles. The van der Waals surface area contributed by atoms with Crippen LogP contribution in [0.4, 0.5) is 5.69 Å². The fourth-order valence-electron chi connectivity index (χ4n) is 1.34. The second kappa shape index (κ2) is 7.09. The van der Waals surface area contributed by atoms with Crippen molar-refractivity contribution in [1.29, 1.82) is 0 Å². The lowest BCUT2D eigenvalue weighted by molar-refractivity contribution is -0.115. The summed E-state index contributed by atoms with van der Waals surface area (Å²) in [5, 5.41) is 6.54. The van der Waals surface area contributed by atoms with Gasteiger partial charge in [0.2, 0.25) is 5.91 Å². The lowest BCUT2D eigenvalue weighted by Gasteiger charge is -2.11. The van der Waals surface area contributed by atoms with Crippen LogP contribution in [0.5, 0.6) is 0 Å². The third-order valence-electron chi connectivity index (χ3n) is 2.26. The Bertz CT molecular complexity index is 376. The lowest BCUT2D eigenvalue weighted by Crippen LogP contribution is -2.34. The molecule has 1 atom stereocenters. The molecule has 0 heterocycles. The molecule has 4 heteroatoms. The third-order valence-corrected chi connectivity index (χ3v) is 2.51. The zero-order valence-electron chi connectivity index (χ0n) is 9.87. The topological polar surface area (TPSA) is 41.1 Å². The first-order chi connectivity index (χ1) is 8.11. The molecule has 2 N–H and O–H groups in total. The van der Waals surface area contributed by atoms with Gasteiger partial charge < -0.3 is 10.6 Å². The highest BCUT2D eigenvalue weighted by molar-refractivity contribution is 6.30. The molecule has 0 radical (unpaired) electrons. The van der Waals surface area contributed by atoms with Crippen LogP contribution in [0.1, 0.15) is 13.3 Å². The molecule has 1 amide bonds. The Kier molecular flexibility index (Phi) is 5.73. The van der Waals surface area contributed by atoms with Crippen molar-refractivity contribution in [2.24, 2.45) is 0 Å². The van der Waals surface area contributed by atoms with Crippen LogP contribution in [0.3, 0.4) is 0 Å². The van der Waals surface area contributed by atoms with E-state index in [1.807, 2.05) is 13.0 Å². The molecule has 0 bridgehead atoms. The van der Waals surface area contributed by atoms with Gasteiger partial charge in [-0.2, -0.15) is 0 Å². The van der Waals surface area contributed by atoms with Crippen LogP contribution in [0, 0.1) is 0 Å². The number of nitrogens with one attached hydrogen (secondary N) is 2. The number of hydrogen-bond donors (Lipinski definition) is 2. The van der Waals surface area contributed by atoms with E-state index in [1.54, 1.807) is 24.3 Å². The molecule has 0 aliphatic heterocycles. The fraction of sp³-hybridized carbons (Fsp3) is 0.308. The highest BCUT2D eigenvalue weighted by Gasteiger charge is 2.04. The second-order valence-electron chi connectivity index (χ2n) is 3.86. The molecule has 0 aromatic heterocycles. The first-order valence-corrected chi connectivity index (χ1v) is 5.89. The van der Waals surface area contributed by atoms with E-state index in [2.05, 4.69) is 17.2 Å². The van der Waals surface area contributed by atoms with Crippen LogP contribution < -0.4 is 10.6 Å². The van der Waals surface area contributed by atoms with Crippen LogP contribution in [-0.4, -0.2) is 18.5 Å². The summed E-state index contributed by atoms with van der Waals surface area (Å²) >= 11 is 5.75. The van der Waals surface area contributed by atoms with Gasteiger partial charge >= 0.3 is 0 Å². The van der Waals surface area contributed by atoms with Gasteiger partial charge in [0, 0.05) is 16.8 Å². The predicted octanol–water partition coefficient (Wildman–Crippen LogP) is 2.83. The van der Waals surface area contributed by atoms with Gasteiger partial charge in [0.15, 0.2) is 0 Å². The van der Waals surface area contributed by atoms with Crippen molar-refractivity contribution in [1.82, 2.24) is 5.32 Å². The van der Waals surface area contributed by atoms with E-state index >= 15 is 0 Å². The minimum absolute atomic E-state index is 0.0664. The number of amides is 1. The summed E-state index contributed by atoms with van der Waals surface area (Å²) in [4.78, 5) is 11.6. The van der Waals surface area contributed by atoms with Crippen LogP contribution in [0.15, 0.2) is 36.9 Å². The molecule has 3 nitrogen and oxygen atoms in total. The van der Waals surface area contributed by atoms with Crippen LogP contribution in [-0.2, 0) is 4.79 Å². The van der Waals surface area contributed by atoms with Crippen molar-refractivity contribution in [2.45, 2.75) is 19.4 Å². The van der Waals surface area contributed by atoms with E-state index in [4.69, 9.17) is 11.6 Å². The maximum absolute atomic E-state index is 11.6. The third kappa shape index (κ3) is 5.52. The predicted molar refractivity (Wildman–Crippen MR) is 72.4 cm³/mol. The Labute approximate surface area is 107 Å². The van der Waals surface area contributed by atoms with Gasteiger partial charge in [0.25, 0.3) is 0 Å². The SMILES string of the molecule is C=CCC(C)NCC(=O)Nc1ccc(Cl)cc1. The number of rotatable bonds is 6. The van der Waals surface area contributed by atoms with Crippen molar-refractivity contribution in [3.63, 3.8) is 0 Å². The number of hydrogen-bond acceptors (Lipinski definition) is 2. The number of carbonyl (C=O) groups is 1. The van der Waals surface area contributed by atoms with Crippen molar-refractivity contribution in [2.75, 3.05) is 11.9 Å². The molecule has 17 heavy (non-hydrogen) atoms. The van der Waals surface area contributed by atoms with Crippen molar-refractivity contribution in [3.8, 4) is 0 Å². The van der Waals surface area contributed by atoms with Crippen LogP contribution in [0.2, 0.25) is 5.02 Å². The molecular weight excluding hydrogens is 236 g/mol. The smallest absolute Gasteiger partial charge is 0.238 e. The molecule has 1 unspecified atom stereocenters. The maximum Gasteiger partial charge on any atom is 0.238 e. The highest BCUT2D eigenvalue weighted by Crippen LogP contribution is 2.12. The monoisotopic (exact) mass is 252 g/mol. The Morgan fingerprint density at radius 3 is 2.71 bits per heavy atom. The van der Waals surface area contributed by atoms with Gasteiger partial charge in [-0.15, -0.1) is 6.58 Å². The van der Waals surface area contributed by atoms with Crippen molar-refractivity contribution >= 4 is 23.2 Å². The number of benzene rings is 1. The average Bonchev–Trinajstić information content (AvgIpc) is 2.30. The zero-order valence-corrected chi connectivity index (χ0v) is 10.6. The highest BCUT2D eigenvalue weighted by atomic mass is 35.5. The normalized spacial score (nSPS) is 11.9. The standard InChI is InChI=1S/C13H17ClN2O/c1-3-4-10(2)15-9-13(17)16-12-7-5-11(14)6-8-12/h3,5-8,10,15H,1,4,9H2,2H3,(H,16,17). The summed E-state index contributed by atoms with van der Waals surface area (Å²) in [6, 6.07) is 7.28. The summed E-state index contributed by atoms with van der Waals surface area (Å²) in [5.41, 5.74) is 0.748. The summed E-state index contributed by atoms with van der Waals surface area (Å²) in [6.07, 6.45) is 2.67. The van der Waals surface area contributed by atoms with Gasteiger partial charge in [-0.3, -0.25) is 4.79 Å². The molecule has 92 valence electrons. The average molecular weight is 253 g/mol. The van der Waals surface area contributed by atoms with Gasteiger partial charge in [0.05, 0.1) is 6.54 Å². The summed E-state index contributed by atoms with van der Waals surface area (Å²) < 4.78 is 0. The second-order valence-corrected chi connectivity index (χ2v) is 4.30. The molecule has 0 aliphatic carbocycles. The first-order valence-electron chi connectivity index (χ1n) is 5.51. The van der Waals surface area contributed by atoms with Crippen molar-refractivity contribution in [3.05, 3.63) is 41.9 Å². The van der Waals surface area contributed by atoms with Crippen molar-refractivity contribution < 1.29 is 4.79 Å². The summed E-state index contributed by atoms with van der Waals surface area (Å²) in [5.74, 6) is -0.0664. The van der Waals surface area contributed by atoms with E-state index in [0.717, 1.165) is 12.1 Å². The van der Waals surface area contributed by atoms with E-state index < -0.39 is 0 Å². The van der Waals surface area contributed by atoms with Gasteiger partial charge in [-0.25, -0.2) is 0 Å². The molecule has 0 spiro atoms. The Balaban J connectivity index is 2.34. The zero-order chi connectivity index (χ0) is 12.7. The number of carbonyl (C=O) groups excluding carboxylic acids is 1. The van der Waals surface area contributed by atoms with E-state index in [1.165, 1.54) is 0 Å². The number of halogens is 1. The molecular formula is C13H17ClN2O. The Hall–Kier alpha value is -1.32. The van der Waals surface area contributed by atoms with Crippen LogP contribution in [0.25, 0.3) is 0 Å². The molecule has 0 fully saturated rings. The largest absolute Gasteiger partial charge is 0.325 e. The minimum Gasteiger partial charge on any atom is -0.325 e. The fourth-order valence-corrected chi connectivity index (χ4v) is 1.46.